The molecule has 1 unspecified atom stereocenters. The van der Waals surface area contributed by atoms with E-state index < -0.39 is 24.1 Å². The van der Waals surface area contributed by atoms with Crippen LogP contribution in [0.2, 0.25) is 0 Å². The van der Waals surface area contributed by atoms with Crippen molar-refractivity contribution in [3.63, 3.8) is 0 Å². The van der Waals surface area contributed by atoms with Gasteiger partial charge < -0.3 is 4.74 Å². The highest BCUT2D eigenvalue weighted by atomic mass is 16.8. The summed E-state index contributed by atoms with van der Waals surface area (Å²) in [5, 5.41) is 0.458. The number of hydrogen-bond donors (Lipinski definition) is 0. The van der Waals surface area contributed by atoms with Crippen LogP contribution >= 0.6 is 0 Å². The summed E-state index contributed by atoms with van der Waals surface area (Å²) in [6.45, 7) is 1.67. The molecule has 6 heteroatoms. The molecule has 1 aromatic carbocycles. The third-order valence-corrected chi connectivity index (χ3v) is 2.71. The van der Waals surface area contributed by atoms with Gasteiger partial charge in [0.15, 0.2) is 0 Å². The fourth-order valence-electron chi connectivity index (χ4n) is 1.69. The van der Waals surface area contributed by atoms with Gasteiger partial charge in [0.1, 0.15) is 6.10 Å². The van der Waals surface area contributed by atoms with E-state index in [1.807, 2.05) is 18.2 Å². The number of ether oxygens (including phenoxy) is 1. The number of benzene rings is 1. The second-order valence-electron chi connectivity index (χ2n) is 4.09. The second-order valence-corrected chi connectivity index (χ2v) is 4.09. The second kappa shape index (κ2) is 5.51. The minimum absolute atomic E-state index is 0.0559. The van der Waals surface area contributed by atoms with Gasteiger partial charge in [0.2, 0.25) is 0 Å². The first kappa shape index (κ1) is 13.1. The zero-order valence-electron chi connectivity index (χ0n) is 10.4. The Kier molecular flexibility index (Phi) is 3.79. The Hall–Kier alpha value is -2.37. The molecule has 0 N–H and O–H groups in total. The van der Waals surface area contributed by atoms with Gasteiger partial charge in [-0.15, -0.1) is 0 Å². The van der Waals surface area contributed by atoms with E-state index in [0.717, 1.165) is 5.56 Å². The molecule has 1 fully saturated rings. The standard InChI is InChI=1S/C13H13NO5/c1-9(10-5-3-2-4-6-10)18-13(17)19-14-11(15)7-8-12(14)16/h2-6,9H,7-8H2,1H3. The number of carbonyl (C=O) groups excluding carboxylic acids is 3. The van der Waals surface area contributed by atoms with E-state index in [-0.39, 0.29) is 12.8 Å². The van der Waals surface area contributed by atoms with E-state index in [2.05, 4.69) is 4.84 Å². The van der Waals surface area contributed by atoms with E-state index >= 15 is 0 Å². The van der Waals surface area contributed by atoms with Crippen LogP contribution in [0.4, 0.5) is 4.79 Å². The van der Waals surface area contributed by atoms with Crippen molar-refractivity contribution in [3.8, 4) is 0 Å². The van der Waals surface area contributed by atoms with Crippen LogP contribution in [0, 0.1) is 0 Å². The minimum Gasteiger partial charge on any atom is -0.425 e. The summed E-state index contributed by atoms with van der Waals surface area (Å²) in [5.74, 6) is -1.07. The summed E-state index contributed by atoms with van der Waals surface area (Å²) in [6, 6.07) is 9.06. The van der Waals surface area contributed by atoms with Gasteiger partial charge in [0.25, 0.3) is 11.8 Å². The smallest absolute Gasteiger partial charge is 0.425 e. The van der Waals surface area contributed by atoms with E-state index in [1.165, 1.54) is 0 Å². The monoisotopic (exact) mass is 263 g/mol. The van der Waals surface area contributed by atoms with Crippen molar-refractivity contribution in [2.24, 2.45) is 0 Å². The fourth-order valence-corrected chi connectivity index (χ4v) is 1.69. The van der Waals surface area contributed by atoms with Crippen molar-refractivity contribution >= 4 is 18.0 Å². The Morgan fingerprint density at radius 2 is 1.74 bits per heavy atom. The molecule has 0 aromatic heterocycles. The van der Waals surface area contributed by atoms with Crippen molar-refractivity contribution in [2.45, 2.75) is 25.9 Å². The van der Waals surface area contributed by atoms with Crippen LogP contribution in [0.25, 0.3) is 0 Å². The first-order chi connectivity index (χ1) is 9.08. The predicted molar refractivity (Wildman–Crippen MR) is 63.5 cm³/mol. The highest BCUT2D eigenvalue weighted by Gasteiger charge is 2.33. The quantitative estimate of drug-likeness (QED) is 0.615. The van der Waals surface area contributed by atoms with E-state index in [0.29, 0.717) is 5.06 Å². The molecule has 0 bridgehead atoms. The molecule has 1 saturated heterocycles. The van der Waals surface area contributed by atoms with Crippen LogP contribution in [-0.4, -0.2) is 23.0 Å². The molecule has 1 heterocycles. The van der Waals surface area contributed by atoms with Gasteiger partial charge in [0.05, 0.1) is 0 Å². The zero-order chi connectivity index (χ0) is 13.8. The molecular weight excluding hydrogens is 250 g/mol. The van der Waals surface area contributed by atoms with Crippen LogP contribution < -0.4 is 0 Å². The molecule has 19 heavy (non-hydrogen) atoms. The summed E-state index contributed by atoms with van der Waals surface area (Å²) in [6.07, 6.45) is -1.48. The maximum Gasteiger partial charge on any atom is 0.534 e. The number of imide groups is 1. The molecule has 6 nitrogen and oxygen atoms in total. The third kappa shape index (κ3) is 3.09. The normalized spacial score (nSPS) is 16.4. The number of carbonyl (C=O) groups is 3. The third-order valence-electron chi connectivity index (χ3n) is 2.71. The van der Waals surface area contributed by atoms with Crippen LogP contribution in [-0.2, 0) is 19.2 Å². The number of hydroxylamine groups is 2. The molecule has 0 saturated carbocycles. The van der Waals surface area contributed by atoms with E-state index in [4.69, 9.17) is 4.74 Å². The minimum atomic E-state index is -1.07. The molecule has 1 aromatic rings. The van der Waals surface area contributed by atoms with Crippen LogP contribution in [0.15, 0.2) is 30.3 Å². The maximum absolute atomic E-state index is 11.5. The van der Waals surface area contributed by atoms with Gasteiger partial charge in [0, 0.05) is 12.8 Å². The van der Waals surface area contributed by atoms with Gasteiger partial charge in [-0.1, -0.05) is 35.4 Å². The van der Waals surface area contributed by atoms with Crippen LogP contribution in [0.3, 0.4) is 0 Å². The van der Waals surface area contributed by atoms with Gasteiger partial charge in [-0.3, -0.25) is 14.4 Å². The number of nitrogens with zero attached hydrogens (tertiary/aromatic N) is 1. The highest BCUT2D eigenvalue weighted by molar-refractivity contribution is 6.01. The van der Waals surface area contributed by atoms with E-state index in [9.17, 15) is 14.4 Å². The van der Waals surface area contributed by atoms with Crippen molar-refractivity contribution in [1.29, 1.82) is 0 Å². The Balaban J connectivity index is 1.91. The molecule has 1 atom stereocenters. The summed E-state index contributed by atoms with van der Waals surface area (Å²) >= 11 is 0. The lowest BCUT2D eigenvalue weighted by Gasteiger charge is -2.16. The Morgan fingerprint density at radius 1 is 1.16 bits per heavy atom. The lowest BCUT2D eigenvalue weighted by molar-refractivity contribution is -0.178. The summed E-state index contributed by atoms with van der Waals surface area (Å²) in [5.41, 5.74) is 0.790. The Morgan fingerprint density at radius 3 is 2.32 bits per heavy atom. The largest absolute Gasteiger partial charge is 0.534 e. The number of rotatable bonds is 3. The summed E-state index contributed by atoms with van der Waals surface area (Å²) in [7, 11) is 0. The molecule has 0 radical (unpaired) electrons. The summed E-state index contributed by atoms with van der Waals surface area (Å²) < 4.78 is 4.99. The topological polar surface area (TPSA) is 72.9 Å². The van der Waals surface area contributed by atoms with Gasteiger partial charge in [-0.25, -0.2) is 4.79 Å². The van der Waals surface area contributed by atoms with Gasteiger partial charge in [-0.05, 0) is 12.5 Å². The average molecular weight is 263 g/mol. The zero-order valence-corrected chi connectivity index (χ0v) is 10.4. The predicted octanol–water partition coefficient (Wildman–Crippen LogP) is 1.96. The maximum atomic E-state index is 11.5. The summed E-state index contributed by atoms with van der Waals surface area (Å²) in [4.78, 5) is 38.6. The highest BCUT2D eigenvalue weighted by Crippen LogP contribution is 2.18. The Bertz CT molecular complexity index is 483. The molecule has 100 valence electrons. The van der Waals surface area contributed by atoms with Crippen molar-refractivity contribution in [3.05, 3.63) is 35.9 Å². The molecule has 1 aliphatic rings. The van der Waals surface area contributed by atoms with Crippen LogP contribution in [0.5, 0.6) is 0 Å². The SMILES string of the molecule is CC(OC(=O)ON1C(=O)CCC1=O)c1ccccc1. The molecular formula is C13H13NO5. The molecule has 0 spiro atoms. The molecule has 2 amide bonds. The molecule has 1 aliphatic heterocycles. The van der Waals surface area contributed by atoms with Gasteiger partial charge >= 0.3 is 6.16 Å². The van der Waals surface area contributed by atoms with Crippen molar-refractivity contribution < 1.29 is 24.0 Å². The first-order valence-corrected chi connectivity index (χ1v) is 5.87. The van der Waals surface area contributed by atoms with E-state index in [1.54, 1.807) is 19.1 Å². The van der Waals surface area contributed by atoms with Gasteiger partial charge in [-0.2, -0.15) is 0 Å². The lowest BCUT2D eigenvalue weighted by Crippen LogP contribution is -2.32. The van der Waals surface area contributed by atoms with Crippen LogP contribution in [0.1, 0.15) is 31.4 Å². The molecule has 0 aliphatic carbocycles. The van der Waals surface area contributed by atoms with Crippen molar-refractivity contribution in [1.82, 2.24) is 5.06 Å². The lowest BCUT2D eigenvalue weighted by atomic mass is 10.1. The Labute approximate surface area is 109 Å². The number of hydrogen-bond acceptors (Lipinski definition) is 5. The van der Waals surface area contributed by atoms with Crippen molar-refractivity contribution in [2.75, 3.05) is 0 Å². The first-order valence-electron chi connectivity index (χ1n) is 5.87. The number of amides is 2. The average Bonchev–Trinajstić information content (AvgIpc) is 2.71. The fraction of sp³-hybridized carbons (Fsp3) is 0.308. The molecule has 2 rings (SSSR count).